The third-order valence-corrected chi connectivity index (χ3v) is 1.91. The number of nitrogens with one attached hydrogen (secondary N) is 2. The van der Waals surface area contributed by atoms with Crippen molar-refractivity contribution in [1.29, 1.82) is 0 Å². The molecule has 5 nitrogen and oxygen atoms in total. The van der Waals surface area contributed by atoms with E-state index in [1.54, 1.807) is 0 Å². The second-order valence-corrected chi connectivity index (χ2v) is 3.64. The number of hydrogen-bond donors (Lipinski definition) is 3. The zero-order valence-electron chi connectivity index (χ0n) is 9.76. The van der Waals surface area contributed by atoms with Crippen LogP contribution in [0.1, 0.15) is 13.8 Å². The second-order valence-electron chi connectivity index (χ2n) is 3.64. The van der Waals surface area contributed by atoms with Gasteiger partial charge in [0.2, 0.25) is 0 Å². The molecule has 0 aliphatic carbocycles. The lowest BCUT2D eigenvalue weighted by Gasteiger charge is -2.10. The summed E-state index contributed by atoms with van der Waals surface area (Å²) in [5, 5.41) is 2.70. The van der Waals surface area contributed by atoms with Crippen molar-refractivity contribution < 1.29 is 13.5 Å². The van der Waals surface area contributed by atoms with Crippen molar-refractivity contribution in [3.8, 4) is 0 Å². The molecule has 0 aliphatic rings. The lowest BCUT2D eigenvalue weighted by atomic mass is 10.4. The van der Waals surface area contributed by atoms with Gasteiger partial charge in [-0.05, 0) is 13.8 Å². The van der Waals surface area contributed by atoms with Crippen LogP contribution in [-0.4, -0.2) is 24.2 Å². The van der Waals surface area contributed by atoms with Crippen molar-refractivity contribution in [3.05, 3.63) is 17.7 Å². The van der Waals surface area contributed by atoms with E-state index in [0.29, 0.717) is 19.2 Å². The molecule has 7 heteroatoms. The second kappa shape index (κ2) is 6.31. The molecule has 1 rings (SSSR count). The molecule has 0 fully saturated rings. The summed E-state index contributed by atoms with van der Waals surface area (Å²) in [6.45, 7) is 4.57. The summed E-state index contributed by atoms with van der Waals surface area (Å²) in [6.07, 6.45) is 0.101. The van der Waals surface area contributed by atoms with Crippen LogP contribution < -0.4 is 16.6 Å². The minimum Gasteiger partial charge on any atom is -0.377 e. The van der Waals surface area contributed by atoms with Crippen LogP contribution >= 0.6 is 0 Å². The van der Waals surface area contributed by atoms with Crippen LogP contribution in [0.4, 0.5) is 20.4 Å². The number of ether oxygens (including phenoxy) is 1. The van der Waals surface area contributed by atoms with E-state index >= 15 is 0 Å². The number of hydrazine groups is 1. The molecule has 0 aromatic carbocycles. The number of aromatic nitrogens is 1. The molecule has 17 heavy (non-hydrogen) atoms. The third kappa shape index (κ3) is 4.12. The van der Waals surface area contributed by atoms with Crippen LogP contribution in [0.25, 0.3) is 0 Å². The molecule has 1 aromatic rings. The van der Waals surface area contributed by atoms with E-state index in [0.717, 1.165) is 0 Å². The summed E-state index contributed by atoms with van der Waals surface area (Å²) in [4.78, 5) is 3.65. The molecule has 0 amide bonds. The van der Waals surface area contributed by atoms with E-state index in [2.05, 4.69) is 10.3 Å². The summed E-state index contributed by atoms with van der Waals surface area (Å²) >= 11 is 0. The van der Waals surface area contributed by atoms with Crippen LogP contribution in [0.2, 0.25) is 0 Å². The summed E-state index contributed by atoms with van der Waals surface area (Å²) in [5.41, 5.74) is 2.05. The molecule has 0 spiro atoms. The molecule has 0 saturated carbocycles. The summed E-state index contributed by atoms with van der Waals surface area (Å²) in [6, 6.07) is 0.716. The van der Waals surface area contributed by atoms with Crippen LogP contribution in [0.3, 0.4) is 0 Å². The Balaban J connectivity index is 2.58. The first-order valence-corrected chi connectivity index (χ1v) is 5.22. The normalized spacial score (nSPS) is 10.7. The van der Waals surface area contributed by atoms with Crippen molar-refractivity contribution in [1.82, 2.24) is 4.98 Å². The maximum atomic E-state index is 13.3. The van der Waals surface area contributed by atoms with E-state index in [-0.39, 0.29) is 17.7 Å². The fourth-order valence-corrected chi connectivity index (χ4v) is 1.16. The number of anilines is 2. The van der Waals surface area contributed by atoms with Crippen molar-refractivity contribution >= 4 is 11.6 Å². The Morgan fingerprint density at radius 2 is 2.00 bits per heavy atom. The Morgan fingerprint density at radius 1 is 1.35 bits per heavy atom. The molecule has 0 atom stereocenters. The van der Waals surface area contributed by atoms with E-state index < -0.39 is 11.6 Å². The predicted molar refractivity (Wildman–Crippen MR) is 61.5 cm³/mol. The molecule has 0 aliphatic heterocycles. The van der Waals surface area contributed by atoms with Gasteiger partial charge in [0.15, 0.2) is 23.3 Å². The van der Waals surface area contributed by atoms with Gasteiger partial charge in [-0.25, -0.2) is 19.6 Å². The highest BCUT2D eigenvalue weighted by Crippen LogP contribution is 2.17. The van der Waals surface area contributed by atoms with Gasteiger partial charge in [-0.2, -0.15) is 0 Å². The molecule has 0 radical (unpaired) electrons. The van der Waals surface area contributed by atoms with Gasteiger partial charge in [-0.3, -0.25) is 0 Å². The van der Waals surface area contributed by atoms with Crippen molar-refractivity contribution in [3.63, 3.8) is 0 Å². The smallest absolute Gasteiger partial charge is 0.178 e. The maximum absolute atomic E-state index is 13.3. The Labute approximate surface area is 98.3 Å². The quantitative estimate of drug-likeness (QED) is 0.403. The molecule has 1 aromatic heterocycles. The molecular formula is C10H16F2N4O. The zero-order valence-corrected chi connectivity index (χ0v) is 9.76. The van der Waals surface area contributed by atoms with Crippen molar-refractivity contribution in [2.75, 3.05) is 23.9 Å². The van der Waals surface area contributed by atoms with Gasteiger partial charge in [0.05, 0.1) is 12.7 Å². The number of rotatable bonds is 6. The van der Waals surface area contributed by atoms with E-state index in [1.165, 1.54) is 0 Å². The van der Waals surface area contributed by atoms with Crippen LogP contribution in [0.15, 0.2) is 6.07 Å². The number of nitrogens with zero attached hydrogens (tertiary/aromatic N) is 1. The highest BCUT2D eigenvalue weighted by Gasteiger charge is 2.10. The molecule has 96 valence electrons. The predicted octanol–water partition coefficient (Wildman–Crippen LogP) is 1.48. The van der Waals surface area contributed by atoms with Crippen LogP contribution in [-0.2, 0) is 4.74 Å². The number of nitrogen functional groups attached to an aromatic ring is 1. The number of nitrogens with two attached hydrogens (primary N) is 1. The lowest BCUT2D eigenvalue weighted by Crippen LogP contribution is -2.17. The minimum absolute atomic E-state index is 0.0632. The minimum atomic E-state index is -0.839. The topological polar surface area (TPSA) is 72.2 Å². The van der Waals surface area contributed by atoms with E-state index in [4.69, 9.17) is 10.6 Å². The molecular weight excluding hydrogens is 230 g/mol. The van der Waals surface area contributed by atoms with Crippen LogP contribution in [0, 0.1) is 11.6 Å². The number of halogens is 2. The third-order valence-electron chi connectivity index (χ3n) is 1.91. The van der Waals surface area contributed by atoms with Crippen molar-refractivity contribution in [2.24, 2.45) is 5.84 Å². The highest BCUT2D eigenvalue weighted by atomic mass is 19.1. The lowest BCUT2D eigenvalue weighted by molar-refractivity contribution is 0.0870. The summed E-state index contributed by atoms with van der Waals surface area (Å²) < 4.78 is 31.6. The first kappa shape index (κ1) is 13.6. The Morgan fingerprint density at radius 3 is 2.59 bits per heavy atom. The Hall–Kier alpha value is -1.47. The monoisotopic (exact) mass is 246 g/mol. The van der Waals surface area contributed by atoms with Crippen molar-refractivity contribution in [2.45, 2.75) is 20.0 Å². The molecule has 0 bridgehead atoms. The molecule has 1 heterocycles. The Kier molecular flexibility index (Phi) is 5.05. The molecule has 0 unspecified atom stereocenters. The Bertz CT molecular complexity index is 374. The number of pyridine rings is 1. The van der Waals surface area contributed by atoms with E-state index in [9.17, 15) is 8.78 Å². The van der Waals surface area contributed by atoms with E-state index in [1.807, 2.05) is 19.3 Å². The first-order valence-electron chi connectivity index (χ1n) is 5.22. The summed E-state index contributed by atoms with van der Waals surface area (Å²) in [5.74, 6) is 3.15. The van der Waals surface area contributed by atoms with Gasteiger partial charge in [0.1, 0.15) is 0 Å². The van der Waals surface area contributed by atoms with Gasteiger partial charge in [-0.15, -0.1) is 0 Å². The zero-order chi connectivity index (χ0) is 12.8. The standard InChI is InChI=1S/C10H16F2N4O/c1-6(2)17-4-3-14-9-7(11)5-8(12)10(15-9)16-13/h5-6H,3-4,13H2,1-2H3,(H2,14,15,16). The SMILES string of the molecule is CC(C)OCCNc1nc(NN)c(F)cc1F. The fourth-order valence-electron chi connectivity index (χ4n) is 1.16. The number of hydrogen-bond acceptors (Lipinski definition) is 5. The average Bonchev–Trinajstić information content (AvgIpc) is 2.26. The van der Waals surface area contributed by atoms with Gasteiger partial charge >= 0.3 is 0 Å². The highest BCUT2D eigenvalue weighted by molar-refractivity contribution is 5.46. The van der Waals surface area contributed by atoms with Gasteiger partial charge in [0.25, 0.3) is 0 Å². The van der Waals surface area contributed by atoms with Gasteiger partial charge < -0.3 is 15.5 Å². The largest absolute Gasteiger partial charge is 0.377 e. The first-order chi connectivity index (χ1) is 8.04. The molecule has 4 N–H and O–H groups in total. The maximum Gasteiger partial charge on any atom is 0.178 e. The summed E-state index contributed by atoms with van der Waals surface area (Å²) in [7, 11) is 0. The van der Waals surface area contributed by atoms with Crippen LogP contribution in [0.5, 0.6) is 0 Å². The molecule has 0 saturated heterocycles. The fraction of sp³-hybridized carbons (Fsp3) is 0.500. The van der Waals surface area contributed by atoms with Gasteiger partial charge in [-0.1, -0.05) is 0 Å². The van der Waals surface area contributed by atoms with Gasteiger partial charge in [0, 0.05) is 12.6 Å². The average molecular weight is 246 g/mol.